The van der Waals surface area contributed by atoms with Gasteiger partial charge in [-0.15, -0.1) is 0 Å². The second-order valence-electron chi connectivity index (χ2n) is 6.15. The molecule has 0 amide bonds. The van der Waals surface area contributed by atoms with Crippen LogP contribution in [0.15, 0.2) is 53.5 Å². The number of aliphatic imine (C=N–C) groups is 1. The summed E-state index contributed by atoms with van der Waals surface area (Å²) in [5.41, 5.74) is 2.91. The number of anilines is 1. The summed E-state index contributed by atoms with van der Waals surface area (Å²) < 4.78 is 15.3. The summed E-state index contributed by atoms with van der Waals surface area (Å²) >= 11 is 1.37. The van der Waals surface area contributed by atoms with E-state index in [0.717, 1.165) is 10.4 Å². The number of rotatable bonds is 3. The van der Waals surface area contributed by atoms with E-state index in [9.17, 15) is 9.18 Å². The Labute approximate surface area is 160 Å². The van der Waals surface area contributed by atoms with Gasteiger partial charge in [-0.1, -0.05) is 17.6 Å². The van der Waals surface area contributed by atoms with Crippen molar-refractivity contribution in [3.63, 3.8) is 0 Å². The van der Waals surface area contributed by atoms with E-state index in [2.05, 4.69) is 10.3 Å². The number of Topliss-reactive ketones (excluding diaryl/α,β-unsaturated/α-hetero) is 1. The minimum atomic E-state index is -0.372. The Bertz CT molecular complexity index is 1080. The Kier molecular flexibility index (Phi) is 5.32. The molecule has 0 aliphatic heterocycles. The number of nitrogens with one attached hydrogen (secondary N) is 2. The van der Waals surface area contributed by atoms with Crippen molar-refractivity contribution in [3.05, 3.63) is 75.8 Å². The van der Waals surface area contributed by atoms with E-state index < -0.39 is 0 Å². The molecule has 138 valence electrons. The summed E-state index contributed by atoms with van der Waals surface area (Å²) in [5, 5.41) is 11.4. The first kappa shape index (κ1) is 18.7. The number of benzene rings is 2. The molecule has 0 atom stereocenters. The fraction of sp³-hybridized carbons (Fsp3) is 0.150. The molecule has 0 radical (unpaired) electrons. The monoisotopic (exact) mass is 382 g/mol. The maximum atomic E-state index is 13.7. The number of carbonyl (C=O) groups is 1. The van der Waals surface area contributed by atoms with Gasteiger partial charge < -0.3 is 5.32 Å². The first-order valence-electron chi connectivity index (χ1n) is 8.31. The number of halogens is 1. The molecule has 3 rings (SSSR count). The maximum Gasteiger partial charge on any atom is 0.223 e. The van der Waals surface area contributed by atoms with Crippen LogP contribution in [0.2, 0.25) is 0 Å². The molecule has 0 spiro atoms. The van der Waals surface area contributed by atoms with Crippen molar-refractivity contribution < 1.29 is 9.18 Å². The molecular weight excluding hydrogens is 363 g/mol. The van der Waals surface area contributed by atoms with Gasteiger partial charge in [-0.3, -0.25) is 10.2 Å². The van der Waals surface area contributed by atoms with Gasteiger partial charge >= 0.3 is 0 Å². The molecule has 1 aromatic heterocycles. The Hall–Kier alpha value is -3.06. The third-order valence-corrected chi connectivity index (χ3v) is 4.89. The van der Waals surface area contributed by atoms with Crippen LogP contribution in [0.5, 0.6) is 0 Å². The highest BCUT2D eigenvalue weighted by molar-refractivity contribution is 7.07. The lowest BCUT2D eigenvalue weighted by molar-refractivity contribution is 0.101. The standard InChI is InChI=1S/C20H19FN4OS/c1-12-4-7-16(21)11-18(12)24-20(25-19(22)10-13(2)27-25)23-17-8-5-15(6-9-17)14(3)26/h4-11,22H,1-3H3,(H,23,24). The van der Waals surface area contributed by atoms with E-state index in [-0.39, 0.29) is 17.1 Å². The van der Waals surface area contributed by atoms with Crippen LogP contribution >= 0.6 is 11.5 Å². The van der Waals surface area contributed by atoms with Crippen LogP contribution in [0.4, 0.5) is 15.8 Å². The quantitative estimate of drug-likeness (QED) is 0.394. The molecule has 3 aromatic rings. The van der Waals surface area contributed by atoms with E-state index >= 15 is 0 Å². The van der Waals surface area contributed by atoms with Gasteiger partial charge in [0.2, 0.25) is 5.96 Å². The summed E-state index contributed by atoms with van der Waals surface area (Å²) in [7, 11) is 0. The van der Waals surface area contributed by atoms with Crippen LogP contribution in [-0.4, -0.2) is 15.7 Å². The molecule has 0 aliphatic rings. The summed E-state index contributed by atoms with van der Waals surface area (Å²) in [4.78, 5) is 17.0. The second-order valence-corrected chi connectivity index (χ2v) is 7.34. The van der Waals surface area contributed by atoms with Crippen molar-refractivity contribution in [1.29, 1.82) is 5.41 Å². The smallest absolute Gasteiger partial charge is 0.223 e. The highest BCUT2D eigenvalue weighted by Crippen LogP contribution is 2.21. The molecule has 0 aliphatic carbocycles. The minimum Gasteiger partial charge on any atom is -0.325 e. The van der Waals surface area contributed by atoms with Crippen LogP contribution in [0.1, 0.15) is 27.7 Å². The topological polar surface area (TPSA) is 70.2 Å². The van der Waals surface area contributed by atoms with E-state index in [4.69, 9.17) is 5.41 Å². The number of hydrogen-bond donors (Lipinski definition) is 2. The highest BCUT2D eigenvalue weighted by Gasteiger charge is 2.10. The molecule has 2 N–H and O–H groups in total. The second kappa shape index (κ2) is 7.67. The van der Waals surface area contributed by atoms with Gasteiger partial charge in [0.05, 0.1) is 5.69 Å². The fourth-order valence-electron chi connectivity index (χ4n) is 2.49. The summed E-state index contributed by atoms with van der Waals surface area (Å²) in [6.07, 6.45) is 0. The predicted molar refractivity (Wildman–Crippen MR) is 107 cm³/mol. The van der Waals surface area contributed by atoms with Gasteiger partial charge in [0.1, 0.15) is 11.3 Å². The zero-order valence-corrected chi connectivity index (χ0v) is 16.0. The SMILES string of the molecule is CC(=O)c1ccc(NC(=Nc2cc(F)ccc2C)n2sc(C)cc2=N)cc1. The Morgan fingerprint density at radius 1 is 1.15 bits per heavy atom. The van der Waals surface area contributed by atoms with Crippen molar-refractivity contribution in [3.8, 4) is 0 Å². The Morgan fingerprint density at radius 3 is 2.44 bits per heavy atom. The summed E-state index contributed by atoms with van der Waals surface area (Å²) in [5.74, 6) is 0.00729. The number of carbonyl (C=O) groups excluding carboxylic acids is 1. The molecule has 0 bridgehead atoms. The molecule has 0 saturated heterocycles. The van der Waals surface area contributed by atoms with E-state index in [1.165, 1.54) is 30.6 Å². The van der Waals surface area contributed by atoms with Crippen molar-refractivity contribution in [2.24, 2.45) is 4.99 Å². The van der Waals surface area contributed by atoms with E-state index in [1.54, 1.807) is 40.4 Å². The molecule has 27 heavy (non-hydrogen) atoms. The van der Waals surface area contributed by atoms with Crippen molar-refractivity contribution in [2.75, 3.05) is 5.32 Å². The lowest BCUT2D eigenvalue weighted by Gasteiger charge is -2.12. The third kappa shape index (κ3) is 4.38. The molecule has 5 nitrogen and oxygen atoms in total. The fourth-order valence-corrected chi connectivity index (χ4v) is 3.26. The lowest BCUT2D eigenvalue weighted by Crippen LogP contribution is -2.28. The maximum absolute atomic E-state index is 13.7. The van der Waals surface area contributed by atoms with Crippen LogP contribution in [0.3, 0.4) is 0 Å². The number of hydrogen-bond acceptors (Lipinski definition) is 4. The molecule has 7 heteroatoms. The Morgan fingerprint density at radius 2 is 1.85 bits per heavy atom. The number of ketones is 1. The third-order valence-electron chi connectivity index (χ3n) is 3.93. The van der Waals surface area contributed by atoms with Crippen molar-refractivity contribution >= 4 is 34.7 Å². The average Bonchev–Trinajstić information content (AvgIpc) is 2.96. The lowest BCUT2D eigenvalue weighted by atomic mass is 10.1. The molecule has 0 fully saturated rings. The molecule has 1 heterocycles. The van der Waals surface area contributed by atoms with E-state index in [0.29, 0.717) is 22.9 Å². The van der Waals surface area contributed by atoms with Gasteiger partial charge in [0.15, 0.2) is 5.78 Å². The number of aromatic nitrogens is 1. The Balaban J connectivity index is 2.06. The van der Waals surface area contributed by atoms with E-state index in [1.807, 2.05) is 13.8 Å². The zero-order chi connectivity index (χ0) is 19.6. The first-order valence-corrected chi connectivity index (χ1v) is 9.08. The first-order chi connectivity index (χ1) is 12.8. The molecule has 0 unspecified atom stereocenters. The van der Waals surface area contributed by atoms with Crippen LogP contribution in [0, 0.1) is 25.1 Å². The molecule has 0 saturated carbocycles. The minimum absolute atomic E-state index is 0.0115. The summed E-state index contributed by atoms with van der Waals surface area (Å²) in [6.45, 7) is 5.27. The number of nitrogens with zero attached hydrogens (tertiary/aromatic N) is 2. The van der Waals surface area contributed by atoms with Gasteiger partial charge in [-0.05, 0) is 68.8 Å². The summed E-state index contributed by atoms with van der Waals surface area (Å²) in [6, 6.07) is 13.1. The normalized spacial score (nSPS) is 11.5. The predicted octanol–water partition coefficient (Wildman–Crippen LogP) is 4.64. The van der Waals surface area contributed by atoms with Gasteiger partial charge in [-0.25, -0.2) is 13.3 Å². The zero-order valence-electron chi connectivity index (χ0n) is 15.2. The van der Waals surface area contributed by atoms with Gasteiger partial charge in [0.25, 0.3) is 0 Å². The largest absolute Gasteiger partial charge is 0.325 e. The highest BCUT2D eigenvalue weighted by atomic mass is 32.1. The van der Waals surface area contributed by atoms with Crippen molar-refractivity contribution in [1.82, 2.24) is 3.96 Å². The molecular formula is C20H19FN4OS. The van der Waals surface area contributed by atoms with Crippen molar-refractivity contribution in [2.45, 2.75) is 20.8 Å². The van der Waals surface area contributed by atoms with Gasteiger partial charge in [-0.2, -0.15) is 0 Å². The number of aryl methyl sites for hydroxylation is 2. The van der Waals surface area contributed by atoms with Crippen LogP contribution in [-0.2, 0) is 0 Å². The van der Waals surface area contributed by atoms with Gasteiger partial charge in [0, 0.05) is 16.1 Å². The van der Waals surface area contributed by atoms with Crippen LogP contribution < -0.4 is 10.8 Å². The van der Waals surface area contributed by atoms with Crippen LogP contribution in [0.25, 0.3) is 0 Å². The molecule has 2 aromatic carbocycles. The average molecular weight is 382 g/mol.